The fourth-order valence-electron chi connectivity index (χ4n) is 2.61. The average Bonchev–Trinajstić information content (AvgIpc) is 2.27. The predicted octanol–water partition coefficient (Wildman–Crippen LogP) is 3.57. The molecule has 0 atom stereocenters. The van der Waals surface area contributed by atoms with E-state index in [-0.39, 0.29) is 40.7 Å². The Morgan fingerprint density at radius 2 is 1.86 bits per heavy atom. The van der Waals surface area contributed by atoms with Crippen LogP contribution in [0.25, 0.3) is 0 Å². The molecular weight excluding hydrogens is 380 g/mol. The monoisotopic (exact) mass is 405 g/mol. The highest BCUT2D eigenvalue weighted by Gasteiger charge is 2.38. The van der Waals surface area contributed by atoms with Gasteiger partial charge in [0.1, 0.15) is 5.82 Å². The molecule has 5 heteroatoms. The van der Waals surface area contributed by atoms with Crippen molar-refractivity contribution in [1.82, 2.24) is 5.32 Å². The smallest absolute Gasteiger partial charge is 0.189 e. The standard InChI is InChI=1S/C16H24FN3.HI/c1-15(2,3)20-14(18)19-11-16(9-4-10-16)12-5-7-13(17)8-6-12;/h5-8H,4,9-11H2,1-3H3,(H3,18,19,20);1H. The largest absolute Gasteiger partial charge is 0.370 e. The zero-order chi connectivity index (χ0) is 14.8. The van der Waals surface area contributed by atoms with Crippen LogP contribution in [0.2, 0.25) is 0 Å². The molecule has 0 unspecified atom stereocenters. The molecule has 1 aromatic rings. The van der Waals surface area contributed by atoms with E-state index in [9.17, 15) is 4.39 Å². The summed E-state index contributed by atoms with van der Waals surface area (Å²) in [7, 11) is 0. The molecular formula is C16H25FIN3. The minimum absolute atomic E-state index is 0. The molecule has 1 aliphatic rings. The molecule has 0 radical (unpaired) electrons. The summed E-state index contributed by atoms with van der Waals surface area (Å²) < 4.78 is 13.0. The van der Waals surface area contributed by atoms with Gasteiger partial charge in [0.15, 0.2) is 5.96 Å². The number of hydrogen-bond donors (Lipinski definition) is 2. The first-order valence-electron chi connectivity index (χ1n) is 7.15. The molecule has 2 rings (SSSR count). The fraction of sp³-hybridized carbons (Fsp3) is 0.562. The number of nitrogens with zero attached hydrogens (tertiary/aromatic N) is 1. The SMILES string of the molecule is CC(C)(C)NC(N)=NCC1(c2ccc(F)cc2)CCC1.I. The van der Waals surface area contributed by atoms with Gasteiger partial charge < -0.3 is 11.1 Å². The number of nitrogens with two attached hydrogens (primary N) is 1. The molecule has 1 fully saturated rings. The van der Waals surface area contributed by atoms with E-state index in [0.717, 1.165) is 18.4 Å². The summed E-state index contributed by atoms with van der Waals surface area (Å²) in [6.45, 7) is 6.81. The third-order valence-electron chi connectivity index (χ3n) is 3.82. The lowest BCUT2D eigenvalue weighted by atomic mass is 9.64. The van der Waals surface area contributed by atoms with E-state index in [1.165, 1.54) is 18.6 Å². The van der Waals surface area contributed by atoms with Crippen LogP contribution >= 0.6 is 24.0 Å². The van der Waals surface area contributed by atoms with Gasteiger partial charge in [-0.25, -0.2) is 4.39 Å². The van der Waals surface area contributed by atoms with Gasteiger partial charge in [-0.15, -0.1) is 24.0 Å². The molecule has 0 bridgehead atoms. The summed E-state index contributed by atoms with van der Waals surface area (Å²) in [6, 6.07) is 6.79. The third-order valence-corrected chi connectivity index (χ3v) is 3.82. The zero-order valence-corrected chi connectivity index (χ0v) is 15.3. The third kappa shape index (κ3) is 4.83. The van der Waals surface area contributed by atoms with Crippen LogP contribution in [0, 0.1) is 5.82 Å². The number of nitrogens with one attached hydrogen (secondary N) is 1. The minimum Gasteiger partial charge on any atom is -0.370 e. The molecule has 0 amide bonds. The second-order valence-electron chi connectivity index (χ2n) is 6.72. The molecule has 3 N–H and O–H groups in total. The Balaban J connectivity index is 0.00000220. The Hall–Kier alpha value is -0.850. The Bertz CT molecular complexity index is 487. The van der Waals surface area contributed by atoms with Crippen LogP contribution in [0.5, 0.6) is 0 Å². The van der Waals surface area contributed by atoms with Crippen molar-refractivity contribution in [3.63, 3.8) is 0 Å². The summed E-state index contributed by atoms with van der Waals surface area (Å²) >= 11 is 0. The van der Waals surface area contributed by atoms with Gasteiger partial charge in [-0.2, -0.15) is 0 Å². The van der Waals surface area contributed by atoms with Crippen molar-refractivity contribution in [2.75, 3.05) is 6.54 Å². The van der Waals surface area contributed by atoms with Gasteiger partial charge in [0.05, 0.1) is 6.54 Å². The van der Waals surface area contributed by atoms with Crippen molar-refractivity contribution < 1.29 is 4.39 Å². The van der Waals surface area contributed by atoms with Gasteiger partial charge in [0.2, 0.25) is 0 Å². The minimum atomic E-state index is -0.194. The van der Waals surface area contributed by atoms with Gasteiger partial charge in [0.25, 0.3) is 0 Å². The summed E-state index contributed by atoms with van der Waals surface area (Å²) in [6.07, 6.45) is 3.37. The molecule has 0 aliphatic heterocycles. The van der Waals surface area contributed by atoms with Crippen molar-refractivity contribution in [2.45, 2.75) is 51.0 Å². The fourth-order valence-corrected chi connectivity index (χ4v) is 2.61. The van der Waals surface area contributed by atoms with Crippen LogP contribution in [0.4, 0.5) is 4.39 Å². The Morgan fingerprint density at radius 3 is 2.29 bits per heavy atom. The topological polar surface area (TPSA) is 50.4 Å². The lowest BCUT2D eigenvalue weighted by Crippen LogP contribution is -2.46. The summed E-state index contributed by atoms with van der Waals surface area (Å²) in [5, 5.41) is 3.17. The van der Waals surface area contributed by atoms with Gasteiger partial charge in [-0.05, 0) is 51.3 Å². The molecule has 0 saturated heterocycles. The van der Waals surface area contributed by atoms with E-state index < -0.39 is 0 Å². The van der Waals surface area contributed by atoms with E-state index in [0.29, 0.717) is 12.5 Å². The predicted molar refractivity (Wildman–Crippen MR) is 96.7 cm³/mol. The average molecular weight is 405 g/mol. The molecule has 1 aromatic carbocycles. The number of hydrogen-bond acceptors (Lipinski definition) is 1. The molecule has 0 aromatic heterocycles. The Labute approximate surface area is 143 Å². The van der Waals surface area contributed by atoms with E-state index in [1.54, 1.807) is 0 Å². The van der Waals surface area contributed by atoms with Crippen molar-refractivity contribution in [3.8, 4) is 0 Å². The maximum absolute atomic E-state index is 13.0. The van der Waals surface area contributed by atoms with Crippen molar-refractivity contribution in [2.24, 2.45) is 10.7 Å². The lowest BCUT2D eigenvalue weighted by molar-refractivity contribution is 0.253. The molecule has 3 nitrogen and oxygen atoms in total. The molecule has 0 heterocycles. The highest BCUT2D eigenvalue weighted by atomic mass is 127. The first kappa shape index (κ1) is 18.2. The number of guanidine groups is 1. The molecule has 1 aliphatic carbocycles. The summed E-state index contributed by atoms with van der Waals surface area (Å²) in [5.41, 5.74) is 7.04. The summed E-state index contributed by atoms with van der Waals surface area (Å²) in [5.74, 6) is 0.284. The zero-order valence-electron chi connectivity index (χ0n) is 12.9. The second kappa shape index (κ2) is 6.94. The Morgan fingerprint density at radius 1 is 1.29 bits per heavy atom. The van der Waals surface area contributed by atoms with Crippen molar-refractivity contribution in [3.05, 3.63) is 35.6 Å². The quantitative estimate of drug-likeness (QED) is 0.459. The van der Waals surface area contributed by atoms with Gasteiger partial charge in [0, 0.05) is 11.0 Å². The molecule has 1 saturated carbocycles. The number of benzene rings is 1. The lowest BCUT2D eigenvalue weighted by Gasteiger charge is -2.41. The van der Waals surface area contributed by atoms with Gasteiger partial charge in [-0.1, -0.05) is 18.6 Å². The van der Waals surface area contributed by atoms with E-state index >= 15 is 0 Å². The maximum atomic E-state index is 13.0. The van der Waals surface area contributed by atoms with Crippen LogP contribution in [-0.4, -0.2) is 18.0 Å². The number of aliphatic imine (C=N–C) groups is 1. The van der Waals surface area contributed by atoms with Crippen molar-refractivity contribution >= 4 is 29.9 Å². The van der Waals surface area contributed by atoms with Crippen LogP contribution in [0.1, 0.15) is 45.6 Å². The van der Waals surface area contributed by atoms with Crippen LogP contribution in [0.15, 0.2) is 29.3 Å². The molecule has 118 valence electrons. The van der Waals surface area contributed by atoms with Crippen LogP contribution < -0.4 is 11.1 Å². The number of rotatable bonds is 3. The molecule has 0 spiro atoms. The van der Waals surface area contributed by atoms with E-state index in [4.69, 9.17) is 5.73 Å². The normalized spacial score (nSPS) is 17.6. The highest BCUT2D eigenvalue weighted by Crippen LogP contribution is 2.43. The Kier molecular flexibility index (Phi) is 6.01. The maximum Gasteiger partial charge on any atom is 0.189 e. The second-order valence-corrected chi connectivity index (χ2v) is 6.72. The van der Waals surface area contributed by atoms with Crippen LogP contribution in [0.3, 0.4) is 0 Å². The number of halogens is 2. The van der Waals surface area contributed by atoms with E-state index in [2.05, 4.69) is 31.1 Å². The highest BCUT2D eigenvalue weighted by molar-refractivity contribution is 14.0. The van der Waals surface area contributed by atoms with Crippen LogP contribution in [-0.2, 0) is 5.41 Å². The van der Waals surface area contributed by atoms with E-state index in [1.807, 2.05) is 12.1 Å². The van der Waals surface area contributed by atoms with Gasteiger partial charge >= 0.3 is 0 Å². The summed E-state index contributed by atoms with van der Waals surface area (Å²) in [4.78, 5) is 4.49. The first-order chi connectivity index (χ1) is 9.31. The first-order valence-corrected chi connectivity index (χ1v) is 7.15. The van der Waals surface area contributed by atoms with Crippen molar-refractivity contribution in [1.29, 1.82) is 0 Å². The van der Waals surface area contributed by atoms with Gasteiger partial charge in [-0.3, -0.25) is 4.99 Å². The molecule has 21 heavy (non-hydrogen) atoms.